The van der Waals surface area contributed by atoms with Gasteiger partial charge in [0.25, 0.3) is 5.91 Å². The average Bonchev–Trinajstić information content (AvgIpc) is 3.03. The van der Waals surface area contributed by atoms with E-state index in [0.717, 1.165) is 25.8 Å². The number of aliphatic hydroxyl groups is 1. The number of likely N-dealkylation sites (N-methyl/N-ethyl adjacent to an activating group) is 1. The Morgan fingerprint density at radius 2 is 1.80 bits per heavy atom. The van der Waals surface area contributed by atoms with E-state index in [0.29, 0.717) is 42.4 Å². The van der Waals surface area contributed by atoms with E-state index in [1.807, 2.05) is 44.2 Å². The molecule has 4 rings (SSSR count). The van der Waals surface area contributed by atoms with Crippen LogP contribution in [-0.2, 0) is 11.3 Å². The summed E-state index contributed by atoms with van der Waals surface area (Å²) in [5, 5.41) is 15.8. The van der Waals surface area contributed by atoms with Crippen LogP contribution >= 0.6 is 0 Å². The number of hydrogen-bond donors (Lipinski definition) is 3. The lowest BCUT2D eigenvalue weighted by Crippen LogP contribution is -2.47. The molecule has 0 unspecified atom stereocenters. The Labute approximate surface area is 266 Å². The Kier molecular flexibility index (Phi) is 12.7. The second kappa shape index (κ2) is 16.9. The lowest BCUT2D eigenvalue weighted by Gasteiger charge is -2.36. The number of pyridine rings is 1. The van der Waals surface area contributed by atoms with E-state index in [9.17, 15) is 14.7 Å². The van der Waals surface area contributed by atoms with Crippen molar-refractivity contribution in [2.45, 2.75) is 64.8 Å². The van der Waals surface area contributed by atoms with Crippen LogP contribution in [0.4, 0.5) is 16.2 Å². The number of benzene rings is 2. The van der Waals surface area contributed by atoms with Crippen molar-refractivity contribution in [3.05, 3.63) is 84.2 Å². The molecule has 4 atom stereocenters. The number of aromatic nitrogens is 1. The van der Waals surface area contributed by atoms with Crippen LogP contribution in [0.25, 0.3) is 0 Å². The third kappa shape index (κ3) is 10.3. The topological polar surface area (TPSA) is 116 Å². The molecule has 0 saturated heterocycles. The summed E-state index contributed by atoms with van der Waals surface area (Å²) >= 11 is 0. The molecule has 242 valence electrons. The molecule has 2 aromatic carbocycles. The molecule has 1 aliphatic rings. The Morgan fingerprint density at radius 3 is 2.53 bits per heavy atom. The number of fused-ring (bicyclic) bond motifs is 1. The zero-order chi connectivity index (χ0) is 32.2. The number of rotatable bonds is 8. The molecular formula is C35H47N5O5. The van der Waals surface area contributed by atoms with Crippen molar-refractivity contribution in [1.82, 2.24) is 14.8 Å². The number of para-hydroxylation sites is 1. The lowest BCUT2D eigenvalue weighted by atomic mass is 10.0. The van der Waals surface area contributed by atoms with E-state index in [-0.39, 0.29) is 30.6 Å². The van der Waals surface area contributed by atoms with E-state index < -0.39 is 12.1 Å². The second-order valence-electron chi connectivity index (χ2n) is 12.0. The fourth-order valence-electron chi connectivity index (χ4n) is 5.45. The van der Waals surface area contributed by atoms with Gasteiger partial charge in [0.15, 0.2) is 0 Å². The Hall–Kier alpha value is -3.99. The van der Waals surface area contributed by atoms with Crippen molar-refractivity contribution < 1.29 is 24.2 Å². The van der Waals surface area contributed by atoms with Gasteiger partial charge in [-0.1, -0.05) is 25.1 Å². The monoisotopic (exact) mass is 617 g/mol. The lowest BCUT2D eigenvalue weighted by molar-refractivity contribution is -0.0177. The smallest absolute Gasteiger partial charge is 0.323 e. The third-order valence-electron chi connectivity index (χ3n) is 8.03. The van der Waals surface area contributed by atoms with Gasteiger partial charge in [0, 0.05) is 55.9 Å². The molecular weight excluding hydrogens is 570 g/mol. The van der Waals surface area contributed by atoms with Crippen LogP contribution in [0.5, 0.6) is 5.75 Å². The Morgan fingerprint density at radius 1 is 1.07 bits per heavy atom. The van der Waals surface area contributed by atoms with Crippen LogP contribution in [0.3, 0.4) is 0 Å². The highest BCUT2D eigenvalue weighted by Crippen LogP contribution is 2.28. The first-order valence-electron chi connectivity index (χ1n) is 15.8. The summed E-state index contributed by atoms with van der Waals surface area (Å²) in [5.74, 6) is 0.136. The summed E-state index contributed by atoms with van der Waals surface area (Å²) < 4.78 is 12.8. The fourth-order valence-corrected chi connectivity index (χ4v) is 5.45. The van der Waals surface area contributed by atoms with Gasteiger partial charge in [-0.25, -0.2) is 4.79 Å². The molecule has 2 heterocycles. The highest BCUT2D eigenvalue weighted by molar-refractivity contribution is 6.02. The minimum atomic E-state index is -0.452. The molecule has 0 aliphatic carbocycles. The third-order valence-corrected chi connectivity index (χ3v) is 8.03. The first kappa shape index (κ1) is 33.9. The summed E-state index contributed by atoms with van der Waals surface area (Å²) in [4.78, 5) is 35.1. The van der Waals surface area contributed by atoms with Crippen LogP contribution in [0.2, 0.25) is 0 Å². The molecule has 10 nitrogen and oxygen atoms in total. The van der Waals surface area contributed by atoms with Crippen molar-refractivity contribution in [2.24, 2.45) is 5.92 Å². The maximum absolute atomic E-state index is 14.3. The summed E-state index contributed by atoms with van der Waals surface area (Å²) in [6, 6.07) is 17.4. The van der Waals surface area contributed by atoms with Crippen LogP contribution in [0.1, 0.15) is 56.0 Å². The molecule has 3 amide bonds. The molecule has 0 fully saturated rings. The van der Waals surface area contributed by atoms with Crippen LogP contribution in [0, 0.1) is 5.92 Å². The van der Waals surface area contributed by atoms with Gasteiger partial charge in [0.2, 0.25) is 0 Å². The van der Waals surface area contributed by atoms with Gasteiger partial charge in [-0.3, -0.25) is 14.7 Å². The summed E-state index contributed by atoms with van der Waals surface area (Å²) in [6.07, 6.45) is 5.94. The van der Waals surface area contributed by atoms with Gasteiger partial charge in [-0.05, 0) is 88.2 Å². The zero-order valence-electron chi connectivity index (χ0n) is 26.8. The maximum Gasteiger partial charge on any atom is 0.323 e. The number of amides is 3. The summed E-state index contributed by atoms with van der Waals surface area (Å²) in [6.45, 7) is 8.13. The molecule has 3 N–H and O–H groups in total. The number of aliphatic hydroxyl groups excluding tert-OH is 1. The number of urea groups is 1. The summed E-state index contributed by atoms with van der Waals surface area (Å²) in [5.41, 5.74) is 2.61. The number of nitrogens with one attached hydrogen (secondary N) is 2. The van der Waals surface area contributed by atoms with Crippen LogP contribution in [-0.4, -0.2) is 83.4 Å². The molecule has 3 aromatic rings. The van der Waals surface area contributed by atoms with Crippen molar-refractivity contribution in [3.8, 4) is 5.75 Å². The first-order chi connectivity index (χ1) is 21.7. The van der Waals surface area contributed by atoms with E-state index in [2.05, 4.69) is 34.5 Å². The van der Waals surface area contributed by atoms with Gasteiger partial charge >= 0.3 is 6.03 Å². The molecule has 45 heavy (non-hydrogen) atoms. The van der Waals surface area contributed by atoms with E-state index in [4.69, 9.17) is 9.47 Å². The van der Waals surface area contributed by atoms with Gasteiger partial charge in [0.1, 0.15) is 5.75 Å². The molecule has 1 aromatic heterocycles. The maximum atomic E-state index is 14.3. The highest BCUT2D eigenvalue weighted by atomic mass is 16.5. The number of nitrogens with zero attached hydrogens (tertiary/aromatic N) is 3. The zero-order valence-corrected chi connectivity index (χ0v) is 26.8. The number of ether oxygens (including phenoxy) is 2. The number of anilines is 2. The predicted molar refractivity (Wildman–Crippen MR) is 177 cm³/mol. The predicted octanol–water partition coefficient (Wildman–Crippen LogP) is 5.65. The Balaban J connectivity index is 1.59. The van der Waals surface area contributed by atoms with Crippen LogP contribution < -0.4 is 15.4 Å². The standard InChI is InChI=1S/C35H47N5O5/c1-25-21-40(26(2)24-41)34(42)31-20-30(38-35(43)37-29-11-6-5-7-12-29)13-14-32(31)45-27(3)10-8-9-19-44-33(25)23-39(4)22-28-15-17-36-18-16-28/h5-7,11-18,20,25-27,33,41H,8-10,19,21-24H2,1-4H3,(H2,37,38,43)/t25-,26+,27-,33+/m0/s1. The quantitative estimate of drug-likeness (QED) is 0.299. The van der Waals surface area contributed by atoms with Crippen molar-refractivity contribution in [2.75, 3.05) is 44.0 Å². The van der Waals surface area contributed by atoms with E-state index in [1.54, 1.807) is 47.6 Å². The van der Waals surface area contributed by atoms with E-state index in [1.165, 1.54) is 5.56 Å². The fraction of sp³-hybridized carbons (Fsp3) is 0.457. The molecule has 10 heteroatoms. The molecule has 1 aliphatic heterocycles. The van der Waals surface area contributed by atoms with Gasteiger partial charge < -0.3 is 30.1 Å². The Bertz CT molecular complexity index is 1360. The molecule has 0 saturated carbocycles. The van der Waals surface area contributed by atoms with Crippen molar-refractivity contribution in [1.29, 1.82) is 0 Å². The average molecular weight is 618 g/mol. The first-order valence-corrected chi connectivity index (χ1v) is 15.8. The normalized spacial score (nSPS) is 20.4. The minimum Gasteiger partial charge on any atom is -0.490 e. The number of carbonyl (C=O) groups is 2. The molecule has 0 bridgehead atoms. The largest absolute Gasteiger partial charge is 0.490 e. The minimum absolute atomic E-state index is 0.0352. The van der Waals surface area contributed by atoms with Gasteiger partial charge in [-0.15, -0.1) is 0 Å². The second-order valence-corrected chi connectivity index (χ2v) is 12.0. The van der Waals surface area contributed by atoms with Crippen molar-refractivity contribution >= 4 is 23.3 Å². The SMILES string of the molecule is C[C@H](CO)N1C[C@H](C)[C@@H](CN(C)Cc2ccncc2)OCCCC[C@H](C)Oc2ccc(NC(=O)Nc3ccccc3)cc2C1=O. The highest BCUT2D eigenvalue weighted by Gasteiger charge is 2.30. The number of hydrogen-bond acceptors (Lipinski definition) is 7. The van der Waals surface area contributed by atoms with Gasteiger partial charge in [-0.2, -0.15) is 0 Å². The van der Waals surface area contributed by atoms with Crippen LogP contribution in [0.15, 0.2) is 73.1 Å². The van der Waals surface area contributed by atoms with Crippen molar-refractivity contribution in [3.63, 3.8) is 0 Å². The number of carbonyl (C=O) groups excluding carboxylic acids is 2. The molecule has 0 spiro atoms. The van der Waals surface area contributed by atoms with E-state index >= 15 is 0 Å². The molecule has 0 radical (unpaired) electrons. The van der Waals surface area contributed by atoms with Gasteiger partial charge in [0.05, 0.1) is 30.4 Å². The summed E-state index contributed by atoms with van der Waals surface area (Å²) in [7, 11) is 2.07.